The van der Waals surface area contributed by atoms with E-state index in [0.29, 0.717) is 36.4 Å². The van der Waals surface area contributed by atoms with Crippen LogP contribution in [0.1, 0.15) is 22.8 Å². The molecule has 168 valence electrons. The Hall–Kier alpha value is -3.72. The number of aromatic nitrogens is 2. The largest absolute Gasteiger partial charge is 0.384 e. The van der Waals surface area contributed by atoms with Gasteiger partial charge in [-0.1, -0.05) is 24.3 Å². The van der Waals surface area contributed by atoms with E-state index >= 15 is 0 Å². The summed E-state index contributed by atoms with van der Waals surface area (Å²) in [6.07, 6.45) is 0.267. The molecule has 32 heavy (non-hydrogen) atoms. The highest BCUT2D eigenvalue weighted by atomic mass is 16.5. The Morgan fingerprint density at radius 3 is 2.50 bits per heavy atom. The molecule has 0 atom stereocenters. The van der Waals surface area contributed by atoms with E-state index < -0.39 is 11.3 Å². The van der Waals surface area contributed by atoms with Gasteiger partial charge in [0.05, 0.1) is 24.1 Å². The number of hydrogen-bond acceptors (Lipinski definition) is 6. The van der Waals surface area contributed by atoms with Gasteiger partial charge in [-0.3, -0.25) is 14.4 Å². The first kappa shape index (κ1) is 23.0. The number of benzene rings is 1. The predicted molar refractivity (Wildman–Crippen MR) is 124 cm³/mol. The van der Waals surface area contributed by atoms with Crippen molar-refractivity contribution < 1.29 is 14.3 Å². The summed E-state index contributed by atoms with van der Waals surface area (Å²) < 4.78 is 6.58. The molecule has 2 aromatic heterocycles. The van der Waals surface area contributed by atoms with Crippen LogP contribution in [0.2, 0.25) is 0 Å². The van der Waals surface area contributed by atoms with Gasteiger partial charge in [-0.15, -0.1) is 0 Å². The highest BCUT2D eigenvalue weighted by Crippen LogP contribution is 2.23. The second-order valence-electron chi connectivity index (χ2n) is 7.20. The summed E-state index contributed by atoms with van der Waals surface area (Å²) in [5.74, 6) is -0.514. The normalized spacial score (nSPS) is 10.8. The van der Waals surface area contributed by atoms with Crippen LogP contribution in [-0.4, -0.2) is 48.7 Å². The molecule has 0 saturated heterocycles. The Kier molecular flexibility index (Phi) is 7.21. The van der Waals surface area contributed by atoms with Crippen molar-refractivity contribution in [3.05, 3.63) is 57.7 Å². The smallest absolute Gasteiger partial charge is 0.258 e. The number of nitrogen functional groups attached to an aromatic ring is 1. The number of methoxy groups -OCH3 is 1. The van der Waals surface area contributed by atoms with Crippen molar-refractivity contribution in [2.75, 3.05) is 33.0 Å². The molecule has 0 spiro atoms. The van der Waals surface area contributed by atoms with E-state index in [1.807, 2.05) is 31.2 Å². The molecule has 3 aromatic rings. The van der Waals surface area contributed by atoms with Crippen molar-refractivity contribution in [2.24, 2.45) is 0 Å². The minimum Gasteiger partial charge on any atom is -0.384 e. The maximum atomic E-state index is 12.9. The number of pyridine rings is 2. The van der Waals surface area contributed by atoms with Crippen LogP contribution in [0, 0.1) is 0 Å². The van der Waals surface area contributed by atoms with E-state index in [2.05, 4.69) is 15.6 Å². The van der Waals surface area contributed by atoms with Crippen LogP contribution in [-0.2, 0) is 22.5 Å². The lowest BCUT2D eigenvalue weighted by Crippen LogP contribution is -2.30. The van der Waals surface area contributed by atoms with Crippen molar-refractivity contribution in [2.45, 2.75) is 19.9 Å². The van der Waals surface area contributed by atoms with E-state index in [-0.39, 0.29) is 23.7 Å². The van der Waals surface area contributed by atoms with Gasteiger partial charge in [0.25, 0.3) is 5.91 Å². The molecule has 0 fully saturated rings. The fourth-order valence-electron chi connectivity index (χ4n) is 3.49. The van der Waals surface area contributed by atoms with Crippen LogP contribution in [0.5, 0.6) is 0 Å². The summed E-state index contributed by atoms with van der Waals surface area (Å²) in [6, 6.07) is 10.9. The molecular formula is C23H27N5O4. The topological polar surface area (TPSA) is 128 Å². The van der Waals surface area contributed by atoms with Crippen LogP contribution < -0.4 is 21.8 Å². The number of fused-ring (bicyclic) bond motifs is 1. The van der Waals surface area contributed by atoms with E-state index in [9.17, 15) is 14.4 Å². The lowest BCUT2D eigenvalue weighted by Gasteiger charge is -2.15. The maximum Gasteiger partial charge on any atom is 0.258 e. The Morgan fingerprint density at radius 2 is 1.88 bits per heavy atom. The van der Waals surface area contributed by atoms with Gasteiger partial charge in [-0.2, -0.15) is 0 Å². The number of anilines is 1. The number of rotatable bonds is 8. The minimum atomic E-state index is -0.525. The standard InChI is InChI=1S/C23H27N5O4/c1-4-28-21(24)19(23(31)25-2)20(30)16-9-10-17(27-22(16)28)15-7-5-14(6-8-15)13-18(29)26-11-12-32-3/h5-10H,4,11-13,24H2,1-3H3,(H,25,31)(H,26,29). The highest BCUT2D eigenvalue weighted by molar-refractivity contribution is 6.01. The van der Waals surface area contributed by atoms with E-state index in [1.165, 1.54) is 7.05 Å². The number of carbonyl (C=O) groups is 2. The number of hydrogen-bond donors (Lipinski definition) is 3. The quantitative estimate of drug-likeness (QED) is 0.456. The Bertz CT molecular complexity index is 1200. The second-order valence-corrected chi connectivity index (χ2v) is 7.20. The molecule has 0 aliphatic carbocycles. The zero-order valence-electron chi connectivity index (χ0n) is 18.4. The second kappa shape index (κ2) is 10.1. The summed E-state index contributed by atoms with van der Waals surface area (Å²) in [4.78, 5) is 41.7. The number of amides is 2. The fraction of sp³-hybridized carbons (Fsp3) is 0.304. The first-order chi connectivity index (χ1) is 15.4. The van der Waals surface area contributed by atoms with Crippen LogP contribution in [0.15, 0.2) is 41.2 Å². The third kappa shape index (κ3) is 4.62. The molecule has 9 heteroatoms. The third-order valence-electron chi connectivity index (χ3n) is 5.16. The molecule has 0 bridgehead atoms. The van der Waals surface area contributed by atoms with Crippen molar-refractivity contribution >= 4 is 28.7 Å². The Balaban J connectivity index is 1.94. The molecule has 0 unspecified atom stereocenters. The molecular weight excluding hydrogens is 410 g/mol. The first-order valence-electron chi connectivity index (χ1n) is 10.3. The number of nitrogens with one attached hydrogen (secondary N) is 2. The van der Waals surface area contributed by atoms with Crippen LogP contribution in [0.3, 0.4) is 0 Å². The van der Waals surface area contributed by atoms with Crippen molar-refractivity contribution in [1.82, 2.24) is 20.2 Å². The van der Waals surface area contributed by atoms with Crippen LogP contribution >= 0.6 is 0 Å². The average Bonchev–Trinajstić information content (AvgIpc) is 2.79. The SMILES string of the molecule is CCn1c(N)c(C(=O)NC)c(=O)c2ccc(-c3ccc(CC(=O)NCCOC)cc3)nc21. The number of ether oxygens (including phenoxy) is 1. The predicted octanol–water partition coefficient (Wildman–Crippen LogP) is 1.33. The van der Waals surface area contributed by atoms with Gasteiger partial charge in [-0.05, 0) is 24.6 Å². The summed E-state index contributed by atoms with van der Waals surface area (Å²) in [5, 5.41) is 5.58. The van der Waals surface area contributed by atoms with E-state index in [1.54, 1.807) is 23.8 Å². The molecule has 1 aromatic carbocycles. The molecule has 2 amide bonds. The zero-order valence-corrected chi connectivity index (χ0v) is 18.4. The minimum absolute atomic E-state index is 0.0759. The molecule has 2 heterocycles. The molecule has 0 radical (unpaired) electrons. The summed E-state index contributed by atoms with van der Waals surface area (Å²) in [5.41, 5.74) is 8.40. The van der Waals surface area contributed by atoms with Crippen LogP contribution in [0.4, 0.5) is 5.82 Å². The molecule has 3 rings (SSSR count). The van der Waals surface area contributed by atoms with Gasteiger partial charge >= 0.3 is 0 Å². The summed E-state index contributed by atoms with van der Waals surface area (Å²) in [7, 11) is 3.04. The lowest BCUT2D eigenvalue weighted by molar-refractivity contribution is -0.120. The Labute approximate surface area is 185 Å². The molecule has 0 aliphatic heterocycles. The number of nitrogens with zero attached hydrogens (tertiary/aromatic N) is 2. The monoisotopic (exact) mass is 437 g/mol. The number of carbonyl (C=O) groups excluding carboxylic acids is 2. The molecule has 0 saturated carbocycles. The van der Waals surface area contributed by atoms with Gasteiger partial charge < -0.3 is 25.7 Å². The summed E-state index contributed by atoms with van der Waals surface area (Å²) >= 11 is 0. The van der Waals surface area contributed by atoms with Gasteiger partial charge in [0, 0.05) is 32.8 Å². The average molecular weight is 438 g/mol. The zero-order chi connectivity index (χ0) is 23.3. The van der Waals surface area contributed by atoms with Gasteiger partial charge in [-0.25, -0.2) is 4.98 Å². The number of aryl methyl sites for hydroxylation is 1. The number of nitrogens with two attached hydrogens (primary N) is 1. The maximum absolute atomic E-state index is 12.9. The van der Waals surface area contributed by atoms with Gasteiger partial charge in [0.2, 0.25) is 11.3 Å². The lowest BCUT2D eigenvalue weighted by atomic mass is 10.1. The third-order valence-corrected chi connectivity index (χ3v) is 5.16. The molecule has 9 nitrogen and oxygen atoms in total. The first-order valence-corrected chi connectivity index (χ1v) is 10.3. The highest BCUT2D eigenvalue weighted by Gasteiger charge is 2.20. The van der Waals surface area contributed by atoms with Crippen molar-refractivity contribution in [3.8, 4) is 11.3 Å². The Morgan fingerprint density at radius 1 is 1.16 bits per heavy atom. The van der Waals surface area contributed by atoms with E-state index in [0.717, 1.165) is 11.1 Å². The van der Waals surface area contributed by atoms with Crippen molar-refractivity contribution in [3.63, 3.8) is 0 Å². The molecule has 0 aliphatic rings. The van der Waals surface area contributed by atoms with E-state index in [4.69, 9.17) is 10.5 Å². The summed E-state index contributed by atoms with van der Waals surface area (Å²) in [6.45, 7) is 3.25. The van der Waals surface area contributed by atoms with Crippen molar-refractivity contribution in [1.29, 1.82) is 0 Å². The molecule has 4 N–H and O–H groups in total. The fourth-order valence-corrected chi connectivity index (χ4v) is 3.49. The van der Waals surface area contributed by atoms with Crippen LogP contribution in [0.25, 0.3) is 22.3 Å². The van der Waals surface area contributed by atoms with Gasteiger partial charge in [0.1, 0.15) is 17.0 Å². The van der Waals surface area contributed by atoms with Gasteiger partial charge in [0.15, 0.2) is 0 Å².